The van der Waals surface area contributed by atoms with Crippen molar-refractivity contribution in [3.63, 3.8) is 0 Å². The number of benzene rings is 1. The lowest BCUT2D eigenvalue weighted by Crippen LogP contribution is -2.63. The molecule has 8 unspecified atom stereocenters. The van der Waals surface area contributed by atoms with Crippen molar-refractivity contribution in [1.82, 2.24) is 85.1 Å². The monoisotopic (exact) mass is 1670 g/mol. The number of carbonyl (C=O) groups excluding carboxylic acids is 12. The fourth-order valence-electron chi connectivity index (χ4n) is 16.9. The maximum absolute atomic E-state index is 15.2. The van der Waals surface area contributed by atoms with Crippen LogP contribution in [0, 0.1) is 35.0 Å². The average Bonchev–Trinajstić information content (AvgIpc) is 1.61. The summed E-state index contributed by atoms with van der Waals surface area (Å²) in [7, 11) is 0. The van der Waals surface area contributed by atoms with Crippen molar-refractivity contribution in [2.75, 3.05) is 44.4 Å². The van der Waals surface area contributed by atoms with E-state index in [1.54, 1.807) is 34.6 Å². The number of amides is 12. The number of aliphatic hydroxyl groups is 3. The van der Waals surface area contributed by atoms with Gasteiger partial charge in [0.05, 0.1) is 24.5 Å². The third-order valence-electron chi connectivity index (χ3n) is 23.4. The van der Waals surface area contributed by atoms with Crippen LogP contribution < -0.4 is 90.8 Å². The summed E-state index contributed by atoms with van der Waals surface area (Å²) in [5, 5.41) is 89.9. The molecule has 2 bridgehead atoms. The summed E-state index contributed by atoms with van der Waals surface area (Å²) in [5.41, 5.74) is 6.68. The molecule has 0 aromatic heterocycles. The van der Waals surface area contributed by atoms with Gasteiger partial charge in [-0.25, -0.2) is 4.39 Å². The molecule has 1 aromatic rings. The minimum absolute atomic E-state index is 0.00325. The zero-order valence-electron chi connectivity index (χ0n) is 68.0. The van der Waals surface area contributed by atoms with Crippen molar-refractivity contribution in [2.24, 2.45) is 40.7 Å². The zero-order valence-corrected chi connectivity index (χ0v) is 69.6. The molecule has 650 valence electrons. The molecule has 116 heavy (non-hydrogen) atoms. The van der Waals surface area contributed by atoms with Gasteiger partial charge in [-0.15, -0.1) is 0 Å². The highest BCUT2D eigenvalue weighted by Gasteiger charge is 2.46. The standard InChI is InChI=1S/C79H128FN17O17S2/c1-8-12-54-69(105)89-56(23-24-63(102)103)70(106)90-58(31-47-34-84-53-22-19-48(80)32-52(47)53)73(109)88-55(13-9-2)71(107)96-65(42(4)99)77(113)94-61(67(81)104)39-116-38-45-15-10-14-44(28-45)37-115-27-25-62(101)95-66(79(5,6)7)78(114)93-57(29-43-17-20-50(100)21-18-43)72(108)91-60(33-49-36-82-40-86-49)75(111)97-64(41(3)98)76(112)92-59(74(110)87-54)30-46-35-85-68-51(46)16-11-26-83-68/h10,14-15,28,41-43,46-61,64-66,68,82-86,98-100H,8-9,11-13,16-27,29-40H2,1-7H3,(H2,81,104)(H,87,110)(H,88,109)(H,89,105)(H,90,106)(H,91,108)(H,92,112)(H,93,114)(H,94,113)(H,95,101)(H,96,107)(H,97,111)(H,102,103)/t41-,42-,43?,46?,47?,48?,49?,50?,51?,52?,53?,54+,55+,56+,57+,58+,59+,60+,61+,64+,65+,66-,68?/m1/s1. The SMILES string of the molecule is CCC[C@@H]1NC(=O)[C@H](CC2CNC3NCCCC23)NC(=O)[C@H]([C@@H](C)O)NC(=O)[C@H](CC2CNCN2)NC(=O)[C@H](CC2CCC(O)CC2)NC(=O)[C@H](C(C)(C)C)NC(=O)CCSCc2cccc(c2)CSC[C@@H](C(N)=O)NC(=O)[C@H]([C@@H](C)O)NC(=O)[C@H](CCC)NC(=O)[C@H](CC2CNC3CCC(F)CC23)NC(=O)[C@H](CCC(=O)O)NC1=O. The molecule has 21 atom stereocenters. The van der Waals surface area contributed by atoms with Gasteiger partial charge in [-0.3, -0.25) is 62.3 Å². The number of thioether (sulfide) groups is 2. The number of hydrogen-bond acceptors (Lipinski definition) is 23. The topological polar surface area (TPSA) is 521 Å². The smallest absolute Gasteiger partial charge is 0.303 e. The number of aliphatic carboxylic acids is 1. The van der Waals surface area contributed by atoms with E-state index in [2.05, 4.69) is 85.1 Å². The Morgan fingerprint density at radius 3 is 1.63 bits per heavy atom. The molecule has 5 aliphatic heterocycles. The summed E-state index contributed by atoms with van der Waals surface area (Å²) in [6, 6.07) is -9.28. The molecule has 8 rings (SSSR count). The summed E-state index contributed by atoms with van der Waals surface area (Å²) >= 11 is 2.73. The number of nitrogens with two attached hydrogens (primary N) is 1. The first-order valence-electron chi connectivity index (χ1n) is 41.6. The van der Waals surface area contributed by atoms with Crippen LogP contribution in [0.15, 0.2) is 24.3 Å². The van der Waals surface area contributed by atoms with Crippen LogP contribution in [-0.2, 0) is 73.8 Å². The Morgan fingerprint density at radius 2 is 1.07 bits per heavy atom. The van der Waals surface area contributed by atoms with Crippen molar-refractivity contribution >= 4 is 100 Å². The number of carbonyl (C=O) groups is 13. The summed E-state index contributed by atoms with van der Waals surface area (Å²) in [5.74, 6) is -11.9. The Morgan fingerprint density at radius 1 is 0.560 bits per heavy atom. The first-order chi connectivity index (χ1) is 55.2. The number of piperidine rings is 1. The summed E-state index contributed by atoms with van der Waals surface area (Å²) in [4.78, 5) is 188. The number of carboxylic acid groups (broad SMARTS) is 1. The summed E-state index contributed by atoms with van der Waals surface area (Å²) in [6.07, 6.45) is -1.59. The molecule has 2 aliphatic carbocycles. The van der Waals surface area contributed by atoms with Gasteiger partial charge >= 0.3 is 5.97 Å². The number of halogens is 1. The van der Waals surface area contributed by atoms with Gasteiger partial charge in [0.25, 0.3) is 0 Å². The number of fused-ring (bicyclic) bond motifs is 4. The van der Waals surface area contributed by atoms with Gasteiger partial charge in [-0.05, 0) is 182 Å². The molecular formula is C79H128FN17O17S2. The summed E-state index contributed by atoms with van der Waals surface area (Å²) in [6.45, 7) is 13.4. The number of aliphatic hydroxyl groups excluding tert-OH is 3. The fraction of sp³-hybridized carbons (Fsp3) is 0.759. The van der Waals surface area contributed by atoms with Crippen molar-refractivity contribution in [1.29, 1.82) is 0 Å². The van der Waals surface area contributed by atoms with Gasteiger partial charge in [-0.2, -0.15) is 23.5 Å². The second-order valence-electron chi connectivity index (χ2n) is 33.8. The van der Waals surface area contributed by atoms with Gasteiger partial charge in [0.2, 0.25) is 70.9 Å². The Hall–Kier alpha value is -7.36. The van der Waals surface area contributed by atoms with Gasteiger partial charge in [0.1, 0.15) is 72.6 Å². The zero-order chi connectivity index (χ0) is 84.5. The van der Waals surface area contributed by atoms with E-state index >= 15 is 33.2 Å². The van der Waals surface area contributed by atoms with Gasteiger partial charge in [-0.1, -0.05) is 71.7 Å². The van der Waals surface area contributed by atoms with Crippen LogP contribution in [0.5, 0.6) is 0 Å². The third-order valence-corrected chi connectivity index (χ3v) is 25.6. The van der Waals surface area contributed by atoms with Crippen LogP contribution in [0.2, 0.25) is 0 Å². The van der Waals surface area contributed by atoms with E-state index in [1.807, 2.05) is 24.3 Å². The predicted octanol–water partition coefficient (Wildman–Crippen LogP) is -1.45. The number of hydrogen-bond donors (Lipinski definition) is 21. The quantitative estimate of drug-likeness (QED) is 0.0799. The van der Waals surface area contributed by atoms with Crippen molar-refractivity contribution < 1.29 is 87.1 Å². The maximum atomic E-state index is 15.2. The second-order valence-corrected chi connectivity index (χ2v) is 35.9. The summed E-state index contributed by atoms with van der Waals surface area (Å²) < 4.78 is 15.2. The van der Waals surface area contributed by atoms with Gasteiger partial charge in [0.15, 0.2) is 0 Å². The molecular weight excluding hydrogens is 1540 g/mol. The highest BCUT2D eigenvalue weighted by Crippen LogP contribution is 2.39. The van der Waals surface area contributed by atoms with E-state index in [-0.39, 0.29) is 106 Å². The van der Waals surface area contributed by atoms with Crippen LogP contribution in [0.3, 0.4) is 0 Å². The number of primary amides is 1. The van der Waals surface area contributed by atoms with E-state index in [9.17, 15) is 54.0 Å². The number of carboxylic acids is 1. The van der Waals surface area contributed by atoms with E-state index in [0.29, 0.717) is 82.1 Å². The molecule has 37 heteroatoms. The third kappa shape index (κ3) is 28.7. The Balaban J connectivity index is 1.12. The predicted molar refractivity (Wildman–Crippen MR) is 433 cm³/mol. The molecule has 7 aliphatic rings. The molecule has 0 radical (unpaired) electrons. The minimum atomic E-state index is -1.79. The van der Waals surface area contributed by atoms with E-state index in [0.717, 1.165) is 30.5 Å². The largest absolute Gasteiger partial charge is 0.481 e. The van der Waals surface area contributed by atoms with Crippen molar-refractivity contribution in [3.8, 4) is 0 Å². The molecule has 5 heterocycles. The van der Waals surface area contributed by atoms with Crippen molar-refractivity contribution in [2.45, 2.75) is 298 Å². The lowest BCUT2D eigenvalue weighted by molar-refractivity contribution is -0.139. The van der Waals surface area contributed by atoms with Crippen molar-refractivity contribution in [3.05, 3.63) is 35.4 Å². The van der Waals surface area contributed by atoms with Crippen LogP contribution in [0.25, 0.3) is 0 Å². The highest BCUT2D eigenvalue weighted by molar-refractivity contribution is 7.98. The van der Waals surface area contributed by atoms with E-state index < -0.39 is 198 Å². The van der Waals surface area contributed by atoms with E-state index in [1.165, 1.54) is 37.4 Å². The molecule has 34 nitrogen and oxygen atoms in total. The molecule has 6 fully saturated rings. The normalized spacial score (nSPS) is 33.7. The lowest BCUT2D eigenvalue weighted by Gasteiger charge is -2.34. The molecule has 4 saturated heterocycles. The maximum Gasteiger partial charge on any atom is 0.303 e. The number of nitrogens with one attached hydrogen (secondary N) is 16. The average molecular weight is 1670 g/mol. The molecule has 12 amide bonds. The van der Waals surface area contributed by atoms with E-state index in [4.69, 9.17) is 5.73 Å². The first-order valence-corrected chi connectivity index (χ1v) is 43.9. The van der Waals surface area contributed by atoms with Crippen LogP contribution in [-0.4, -0.2) is 251 Å². The van der Waals surface area contributed by atoms with Gasteiger partial charge < -0.3 is 111 Å². The minimum Gasteiger partial charge on any atom is -0.481 e. The second kappa shape index (κ2) is 45.7. The Labute approximate surface area is 687 Å². The van der Waals surface area contributed by atoms with Crippen LogP contribution in [0.1, 0.15) is 188 Å². The Kier molecular flexibility index (Phi) is 37.1. The van der Waals surface area contributed by atoms with Crippen LogP contribution in [0.4, 0.5) is 4.39 Å². The molecule has 2 saturated carbocycles. The molecule has 1 aromatic carbocycles. The first kappa shape index (κ1) is 94.1. The lowest BCUT2D eigenvalue weighted by atomic mass is 9.77. The molecule has 0 spiro atoms. The van der Waals surface area contributed by atoms with Crippen LogP contribution >= 0.6 is 23.5 Å². The highest BCUT2D eigenvalue weighted by atomic mass is 32.2. The number of rotatable bonds is 18. The fourth-order valence-corrected chi connectivity index (χ4v) is 18.8. The number of alkyl halides is 1. The Bertz CT molecular complexity index is 3520. The molecule has 22 N–H and O–H groups in total. The van der Waals surface area contributed by atoms with Gasteiger partial charge in [0, 0.05) is 61.2 Å².